The molecule has 2 heterocycles. The van der Waals surface area contributed by atoms with Crippen molar-refractivity contribution in [1.29, 1.82) is 0 Å². The van der Waals surface area contributed by atoms with Crippen LogP contribution in [0.2, 0.25) is 0 Å². The Hall–Kier alpha value is -3.45. The Balaban J connectivity index is 1.86. The number of hydrogen-bond acceptors (Lipinski definition) is 6. The second-order valence-corrected chi connectivity index (χ2v) is 8.81. The minimum absolute atomic E-state index is 0.0616. The van der Waals surface area contributed by atoms with E-state index in [1.54, 1.807) is 38.3 Å². The molecule has 0 saturated heterocycles. The number of carbonyl (C=O) groups excluding carboxylic acids is 2. The van der Waals surface area contributed by atoms with Crippen LogP contribution in [-0.4, -0.2) is 28.9 Å². The first kappa shape index (κ1) is 21.8. The van der Waals surface area contributed by atoms with Crippen LogP contribution in [0.5, 0.6) is 5.75 Å². The molecule has 1 aliphatic rings. The van der Waals surface area contributed by atoms with Crippen LogP contribution < -0.4 is 9.64 Å². The fourth-order valence-corrected chi connectivity index (χ4v) is 4.84. The van der Waals surface area contributed by atoms with Crippen LogP contribution in [0.3, 0.4) is 0 Å². The lowest BCUT2D eigenvalue weighted by Gasteiger charge is -2.27. The van der Waals surface area contributed by atoms with Gasteiger partial charge in [-0.15, -0.1) is 11.3 Å². The van der Waals surface area contributed by atoms with Crippen LogP contribution in [0.15, 0.2) is 59.9 Å². The first-order valence-electron chi connectivity index (χ1n) is 10.3. The predicted molar refractivity (Wildman–Crippen MR) is 125 cm³/mol. The van der Waals surface area contributed by atoms with Crippen LogP contribution >= 0.6 is 11.3 Å². The maximum absolute atomic E-state index is 13.6. The quantitative estimate of drug-likeness (QED) is 0.530. The van der Waals surface area contributed by atoms with E-state index in [4.69, 9.17) is 4.74 Å². The molecule has 6 nitrogen and oxygen atoms in total. The number of nitrogens with zero attached hydrogens (tertiary/aromatic N) is 2. The molecule has 0 aliphatic carbocycles. The number of amides is 1. The van der Waals surface area contributed by atoms with Crippen molar-refractivity contribution in [3.05, 3.63) is 86.6 Å². The van der Waals surface area contributed by atoms with Gasteiger partial charge >= 0.3 is 0 Å². The smallest absolute Gasteiger partial charge is 0.294 e. The summed E-state index contributed by atoms with van der Waals surface area (Å²) in [6, 6.07) is 14.0. The summed E-state index contributed by atoms with van der Waals surface area (Å²) in [6.07, 6.45) is 0.868. The number of ketones is 1. The number of aliphatic hydroxyl groups excluding tert-OH is 1. The number of Topliss-reactive ketones (excluding diaryl/α,β-unsaturated/α-hetero) is 1. The van der Waals surface area contributed by atoms with Gasteiger partial charge in [0.15, 0.2) is 5.76 Å². The first-order valence-corrected chi connectivity index (χ1v) is 11.2. The molecule has 2 aromatic carbocycles. The number of methoxy groups -OCH3 is 1. The first-order chi connectivity index (χ1) is 15.3. The van der Waals surface area contributed by atoms with Gasteiger partial charge in [0.1, 0.15) is 5.75 Å². The zero-order valence-corrected chi connectivity index (χ0v) is 19.2. The summed E-state index contributed by atoms with van der Waals surface area (Å²) in [5.41, 5.74) is 3.09. The summed E-state index contributed by atoms with van der Waals surface area (Å²) in [5.74, 6) is -0.850. The van der Waals surface area contributed by atoms with Crippen LogP contribution in [0, 0.1) is 13.8 Å². The van der Waals surface area contributed by atoms with Gasteiger partial charge in [-0.25, -0.2) is 4.98 Å². The maximum atomic E-state index is 13.6. The molecule has 0 bridgehead atoms. The van der Waals surface area contributed by atoms with Gasteiger partial charge in [-0.2, -0.15) is 0 Å². The number of anilines is 1. The number of thiazole rings is 1. The summed E-state index contributed by atoms with van der Waals surface area (Å²) in [6.45, 7) is 5.64. The monoisotopic (exact) mass is 448 g/mol. The molecule has 7 heteroatoms. The van der Waals surface area contributed by atoms with Crippen molar-refractivity contribution in [2.24, 2.45) is 0 Å². The standard InChI is InChI=1S/C25H24N2O4S/c1-5-16-6-10-18(11-7-16)27-21(17-8-12-19(31-4)13-9-17)20(23(29)25(27)30)22(28)24-14(2)26-15(3)32-24/h6-13,21,29H,5H2,1-4H3. The Morgan fingerprint density at radius 3 is 2.31 bits per heavy atom. The Labute approximate surface area is 190 Å². The van der Waals surface area contributed by atoms with E-state index in [0.717, 1.165) is 17.0 Å². The van der Waals surface area contributed by atoms with Crippen LogP contribution in [0.1, 0.15) is 44.5 Å². The Kier molecular flexibility index (Phi) is 5.84. The van der Waals surface area contributed by atoms with E-state index in [2.05, 4.69) is 11.9 Å². The molecule has 0 radical (unpaired) electrons. The molecular formula is C25H24N2O4S. The number of carbonyl (C=O) groups is 2. The zero-order chi connectivity index (χ0) is 23.0. The van der Waals surface area contributed by atoms with Gasteiger partial charge in [-0.1, -0.05) is 31.2 Å². The minimum atomic E-state index is -0.768. The topological polar surface area (TPSA) is 79.7 Å². The Morgan fingerprint density at radius 1 is 1.12 bits per heavy atom. The highest BCUT2D eigenvalue weighted by Gasteiger charge is 2.45. The zero-order valence-electron chi connectivity index (χ0n) is 18.4. The van der Waals surface area contributed by atoms with E-state index in [1.165, 1.54) is 16.2 Å². The van der Waals surface area contributed by atoms with Gasteiger partial charge in [-0.05, 0) is 55.7 Å². The highest BCUT2D eigenvalue weighted by Crippen LogP contribution is 2.43. The van der Waals surface area contributed by atoms with Crippen molar-refractivity contribution >= 4 is 28.7 Å². The summed E-state index contributed by atoms with van der Waals surface area (Å²) in [4.78, 5) is 33.1. The minimum Gasteiger partial charge on any atom is -0.503 e. The second-order valence-electron chi connectivity index (χ2n) is 7.61. The van der Waals surface area contributed by atoms with Gasteiger partial charge in [0.2, 0.25) is 5.78 Å². The molecule has 1 aromatic heterocycles. The molecule has 0 fully saturated rings. The molecular weight excluding hydrogens is 424 g/mol. The number of ether oxygens (including phenoxy) is 1. The van der Waals surface area contributed by atoms with Crippen LogP contribution in [0.25, 0.3) is 0 Å². The van der Waals surface area contributed by atoms with E-state index in [9.17, 15) is 14.7 Å². The van der Waals surface area contributed by atoms with Crippen molar-refractivity contribution in [2.45, 2.75) is 33.2 Å². The normalized spacial score (nSPS) is 16.1. The molecule has 32 heavy (non-hydrogen) atoms. The average molecular weight is 449 g/mol. The van der Waals surface area contributed by atoms with E-state index >= 15 is 0 Å². The largest absolute Gasteiger partial charge is 0.503 e. The average Bonchev–Trinajstić information content (AvgIpc) is 3.28. The lowest BCUT2D eigenvalue weighted by molar-refractivity contribution is -0.117. The van der Waals surface area contributed by atoms with Gasteiger partial charge in [0.05, 0.1) is 34.3 Å². The highest BCUT2D eigenvalue weighted by molar-refractivity contribution is 7.14. The fourth-order valence-electron chi connectivity index (χ4n) is 3.96. The highest BCUT2D eigenvalue weighted by atomic mass is 32.1. The molecule has 1 aliphatic heterocycles. The van der Waals surface area contributed by atoms with E-state index in [0.29, 0.717) is 27.6 Å². The molecule has 3 aromatic rings. The molecule has 164 valence electrons. The van der Waals surface area contributed by atoms with Crippen molar-refractivity contribution < 1.29 is 19.4 Å². The number of aliphatic hydroxyl groups is 1. The molecule has 1 N–H and O–H groups in total. The summed E-state index contributed by atoms with van der Waals surface area (Å²) >= 11 is 1.26. The molecule has 1 amide bonds. The molecule has 0 spiro atoms. The SMILES string of the molecule is CCc1ccc(N2C(=O)C(O)=C(C(=O)c3sc(C)nc3C)C2c2ccc(OC)cc2)cc1. The van der Waals surface area contributed by atoms with E-state index < -0.39 is 17.7 Å². The number of aromatic nitrogens is 1. The summed E-state index contributed by atoms with van der Waals surface area (Å²) in [5, 5.41) is 11.6. The number of hydrogen-bond donors (Lipinski definition) is 1. The molecule has 0 saturated carbocycles. The molecule has 1 unspecified atom stereocenters. The number of rotatable bonds is 6. The van der Waals surface area contributed by atoms with Crippen molar-refractivity contribution in [1.82, 2.24) is 4.98 Å². The van der Waals surface area contributed by atoms with Crippen molar-refractivity contribution in [3.63, 3.8) is 0 Å². The van der Waals surface area contributed by atoms with E-state index in [-0.39, 0.29) is 11.4 Å². The summed E-state index contributed by atoms with van der Waals surface area (Å²) in [7, 11) is 1.57. The van der Waals surface area contributed by atoms with Crippen molar-refractivity contribution in [2.75, 3.05) is 12.0 Å². The molecule has 1 atom stereocenters. The Bertz CT molecular complexity index is 1210. The molecule has 4 rings (SSSR count). The number of benzene rings is 2. The lowest BCUT2D eigenvalue weighted by Crippen LogP contribution is -2.31. The number of aryl methyl sites for hydroxylation is 3. The summed E-state index contributed by atoms with van der Waals surface area (Å²) < 4.78 is 5.26. The van der Waals surface area contributed by atoms with Gasteiger partial charge in [0, 0.05) is 5.69 Å². The van der Waals surface area contributed by atoms with Crippen LogP contribution in [0.4, 0.5) is 5.69 Å². The third kappa shape index (κ3) is 3.69. The fraction of sp³-hybridized carbons (Fsp3) is 0.240. The third-order valence-corrected chi connectivity index (χ3v) is 6.69. The lowest BCUT2D eigenvalue weighted by atomic mass is 9.94. The predicted octanol–water partition coefficient (Wildman–Crippen LogP) is 5.11. The Morgan fingerprint density at radius 2 is 1.78 bits per heavy atom. The second kappa shape index (κ2) is 8.59. The van der Waals surface area contributed by atoms with Gasteiger partial charge < -0.3 is 9.84 Å². The van der Waals surface area contributed by atoms with E-state index in [1.807, 2.05) is 31.2 Å². The maximum Gasteiger partial charge on any atom is 0.294 e. The van der Waals surface area contributed by atoms with Gasteiger partial charge in [0.25, 0.3) is 5.91 Å². The third-order valence-electron chi connectivity index (χ3n) is 5.62. The van der Waals surface area contributed by atoms with Crippen LogP contribution in [-0.2, 0) is 11.2 Å². The van der Waals surface area contributed by atoms with Crippen molar-refractivity contribution in [3.8, 4) is 5.75 Å². The van der Waals surface area contributed by atoms with Gasteiger partial charge in [-0.3, -0.25) is 14.5 Å².